The molecule has 1 fully saturated rings. The molecular formula is C25H35N7O. The molecule has 0 amide bonds. The minimum absolute atomic E-state index is 0.154. The molecule has 1 aliphatic rings. The first-order chi connectivity index (χ1) is 15.8. The van der Waals surface area contributed by atoms with Crippen LogP contribution in [0.25, 0.3) is 16.9 Å². The van der Waals surface area contributed by atoms with Crippen LogP contribution >= 0.6 is 0 Å². The van der Waals surface area contributed by atoms with Crippen molar-refractivity contribution >= 4 is 11.8 Å². The lowest BCUT2D eigenvalue weighted by molar-refractivity contribution is 0.0300. The summed E-state index contributed by atoms with van der Waals surface area (Å²) in [5.41, 5.74) is 9.72. The quantitative estimate of drug-likeness (QED) is 0.502. The van der Waals surface area contributed by atoms with Gasteiger partial charge in [0.1, 0.15) is 11.5 Å². The molecule has 0 spiro atoms. The van der Waals surface area contributed by atoms with E-state index < -0.39 is 5.60 Å². The molecule has 176 valence electrons. The van der Waals surface area contributed by atoms with Gasteiger partial charge in [0.2, 0.25) is 5.95 Å². The van der Waals surface area contributed by atoms with E-state index in [0.29, 0.717) is 19.0 Å². The molecule has 0 aliphatic carbocycles. The molecule has 8 heteroatoms. The zero-order valence-electron chi connectivity index (χ0n) is 20.2. The summed E-state index contributed by atoms with van der Waals surface area (Å²) in [5.74, 6) is 1.43. The van der Waals surface area contributed by atoms with Crippen LogP contribution in [-0.2, 0) is 0 Å². The number of anilines is 2. The van der Waals surface area contributed by atoms with Gasteiger partial charge in [0.15, 0.2) is 0 Å². The summed E-state index contributed by atoms with van der Waals surface area (Å²) in [6, 6.07) is 9.76. The van der Waals surface area contributed by atoms with E-state index in [9.17, 15) is 5.11 Å². The van der Waals surface area contributed by atoms with Gasteiger partial charge < -0.3 is 21.1 Å². The largest absolute Gasteiger partial charge is 0.386 e. The summed E-state index contributed by atoms with van der Waals surface area (Å²) >= 11 is 0. The monoisotopic (exact) mass is 449 g/mol. The molecule has 1 atom stereocenters. The highest BCUT2D eigenvalue weighted by Gasteiger charge is 2.38. The second kappa shape index (κ2) is 10.1. The van der Waals surface area contributed by atoms with Crippen molar-refractivity contribution in [3.8, 4) is 16.9 Å². The number of aliphatic hydroxyl groups is 1. The predicted molar refractivity (Wildman–Crippen MR) is 135 cm³/mol. The summed E-state index contributed by atoms with van der Waals surface area (Å²) < 4.78 is 1.86. The Hall–Kier alpha value is -3.23. The van der Waals surface area contributed by atoms with Crippen LogP contribution in [0.1, 0.15) is 39.7 Å². The zero-order chi connectivity index (χ0) is 24.2. The third kappa shape index (κ3) is 5.23. The summed E-state index contributed by atoms with van der Waals surface area (Å²) in [5, 5.41) is 18.2. The van der Waals surface area contributed by atoms with Crippen LogP contribution in [0.4, 0.5) is 11.8 Å². The smallest absolute Gasteiger partial charge is 0.225 e. The maximum atomic E-state index is 9.95. The van der Waals surface area contributed by atoms with Crippen molar-refractivity contribution in [2.75, 3.05) is 23.3 Å². The SMILES string of the molecule is C=C(Nc1c(C)c(-c2cnc(N3CC(C)(O)C3)nc2)nn1-c1ccccc1)[C@@H](N)CC.CC. The normalized spacial score (nSPS) is 15.2. The molecule has 4 rings (SSSR count). The van der Waals surface area contributed by atoms with Gasteiger partial charge in [0.25, 0.3) is 0 Å². The number of rotatable bonds is 7. The first-order valence-electron chi connectivity index (χ1n) is 11.5. The van der Waals surface area contributed by atoms with Crippen molar-refractivity contribution in [2.24, 2.45) is 5.73 Å². The van der Waals surface area contributed by atoms with E-state index in [1.54, 1.807) is 12.4 Å². The second-order valence-corrected chi connectivity index (χ2v) is 8.36. The molecule has 1 aromatic carbocycles. The lowest BCUT2D eigenvalue weighted by atomic mass is 9.98. The molecule has 8 nitrogen and oxygen atoms in total. The predicted octanol–water partition coefficient (Wildman–Crippen LogP) is 3.90. The highest BCUT2D eigenvalue weighted by molar-refractivity contribution is 5.70. The maximum Gasteiger partial charge on any atom is 0.225 e. The molecule has 3 aromatic rings. The molecule has 2 aromatic heterocycles. The van der Waals surface area contributed by atoms with Gasteiger partial charge in [-0.2, -0.15) is 5.10 Å². The van der Waals surface area contributed by atoms with E-state index in [4.69, 9.17) is 10.8 Å². The average molecular weight is 450 g/mol. The minimum Gasteiger partial charge on any atom is -0.386 e. The Labute approximate surface area is 196 Å². The summed E-state index contributed by atoms with van der Waals surface area (Å²) in [6.07, 6.45) is 4.34. The zero-order valence-corrected chi connectivity index (χ0v) is 20.2. The highest BCUT2D eigenvalue weighted by Crippen LogP contribution is 2.32. The van der Waals surface area contributed by atoms with Crippen LogP contribution in [-0.4, -0.2) is 49.6 Å². The van der Waals surface area contributed by atoms with E-state index in [-0.39, 0.29) is 6.04 Å². The van der Waals surface area contributed by atoms with Crippen LogP contribution in [0.2, 0.25) is 0 Å². The topological polar surface area (TPSA) is 105 Å². The molecule has 0 radical (unpaired) electrons. The maximum absolute atomic E-state index is 9.95. The Morgan fingerprint density at radius 1 is 1.21 bits per heavy atom. The molecule has 3 heterocycles. The van der Waals surface area contributed by atoms with Crippen molar-refractivity contribution in [3.63, 3.8) is 0 Å². The van der Waals surface area contributed by atoms with Crippen molar-refractivity contribution in [1.29, 1.82) is 0 Å². The fourth-order valence-electron chi connectivity index (χ4n) is 3.69. The van der Waals surface area contributed by atoms with E-state index >= 15 is 0 Å². The first kappa shape index (κ1) is 24.4. The Morgan fingerprint density at radius 2 is 1.82 bits per heavy atom. The third-order valence-electron chi connectivity index (χ3n) is 5.55. The minimum atomic E-state index is -0.671. The van der Waals surface area contributed by atoms with E-state index in [1.165, 1.54) is 0 Å². The number of nitrogens with one attached hydrogen (secondary N) is 1. The summed E-state index contributed by atoms with van der Waals surface area (Å²) in [4.78, 5) is 10.9. The van der Waals surface area contributed by atoms with Gasteiger partial charge in [-0.3, -0.25) is 0 Å². The molecule has 33 heavy (non-hydrogen) atoms. The average Bonchev–Trinajstić information content (AvgIpc) is 3.14. The van der Waals surface area contributed by atoms with Gasteiger partial charge in [0, 0.05) is 35.3 Å². The van der Waals surface area contributed by atoms with Gasteiger partial charge in [0.05, 0.1) is 24.4 Å². The lowest BCUT2D eigenvalue weighted by Gasteiger charge is -2.44. The van der Waals surface area contributed by atoms with Gasteiger partial charge in [-0.1, -0.05) is 45.5 Å². The second-order valence-electron chi connectivity index (χ2n) is 8.36. The fraction of sp³-hybridized carbons (Fsp3) is 0.400. The summed E-state index contributed by atoms with van der Waals surface area (Å²) in [7, 11) is 0. The number of para-hydroxylation sites is 1. The van der Waals surface area contributed by atoms with Crippen molar-refractivity contribution in [2.45, 2.75) is 52.7 Å². The Bertz CT molecular complexity index is 1070. The first-order valence-corrected chi connectivity index (χ1v) is 11.5. The molecule has 4 N–H and O–H groups in total. The van der Waals surface area contributed by atoms with Crippen LogP contribution in [0, 0.1) is 6.92 Å². The number of β-amino-alcohol motifs (C(OH)–C–C–N with tert-alkyl or cyclic N) is 1. The van der Waals surface area contributed by atoms with E-state index in [0.717, 1.165) is 40.4 Å². The van der Waals surface area contributed by atoms with Gasteiger partial charge in [-0.15, -0.1) is 0 Å². The van der Waals surface area contributed by atoms with E-state index in [2.05, 4.69) is 21.9 Å². The van der Waals surface area contributed by atoms with Crippen molar-refractivity contribution in [3.05, 3.63) is 60.6 Å². The molecule has 0 unspecified atom stereocenters. The molecule has 0 bridgehead atoms. The van der Waals surface area contributed by atoms with E-state index in [1.807, 2.05) is 74.5 Å². The number of hydrogen-bond donors (Lipinski definition) is 3. The molecule has 0 saturated carbocycles. The lowest BCUT2D eigenvalue weighted by Crippen LogP contribution is -2.60. The van der Waals surface area contributed by atoms with Crippen molar-refractivity contribution < 1.29 is 5.11 Å². The fourth-order valence-corrected chi connectivity index (χ4v) is 3.69. The van der Waals surface area contributed by atoms with Gasteiger partial charge in [-0.25, -0.2) is 14.6 Å². The molecule has 1 saturated heterocycles. The summed E-state index contributed by atoms with van der Waals surface area (Å²) in [6.45, 7) is 15.0. The number of benzene rings is 1. The number of aromatic nitrogens is 4. The van der Waals surface area contributed by atoms with Gasteiger partial charge in [-0.05, 0) is 32.4 Å². The number of nitrogens with two attached hydrogens (primary N) is 1. The number of hydrogen-bond acceptors (Lipinski definition) is 7. The van der Waals surface area contributed by atoms with Crippen LogP contribution in [0.15, 0.2) is 55.0 Å². The third-order valence-corrected chi connectivity index (χ3v) is 5.55. The standard InChI is InChI=1S/C23H29N7O.C2H6/c1-5-19(24)16(3)27-21-15(2)20(28-30(21)18-9-7-6-8-10-18)17-11-25-22(26-12-17)29-13-23(4,31)14-29;1-2/h6-12,19,27,31H,3,5,13-14,24H2,1-2,4H3;1-2H3/t19-;/m0./s1. The number of nitrogens with zero attached hydrogens (tertiary/aromatic N) is 5. The van der Waals surface area contributed by atoms with Crippen LogP contribution < -0.4 is 16.0 Å². The molecule has 1 aliphatic heterocycles. The Morgan fingerprint density at radius 3 is 2.36 bits per heavy atom. The van der Waals surface area contributed by atoms with Crippen LogP contribution in [0.3, 0.4) is 0 Å². The molecular weight excluding hydrogens is 414 g/mol. The van der Waals surface area contributed by atoms with Crippen molar-refractivity contribution in [1.82, 2.24) is 19.7 Å². The Kier molecular flexibility index (Phi) is 7.50. The Balaban J connectivity index is 0.00000149. The van der Waals surface area contributed by atoms with Crippen LogP contribution in [0.5, 0.6) is 0 Å². The van der Waals surface area contributed by atoms with Gasteiger partial charge >= 0.3 is 0 Å². The highest BCUT2D eigenvalue weighted by atomic mass is 16.3.